The molecule has 7 heteroatoms. The summed E-state index contributed by atoms with van der Waals surface area (Å²) in [5.74, 6) is 0.294. The Morgan fingerprint density at radius 2 is 1.83 bits per heavy atom. The molecular formula is C17H15NO5S. The zero-order valence-electron chi connectivity index (χ0n) is 13.3. The number of ether oxygens (including phenoxy) is 3. The quantitative estimate of drug-likeness (QED) is 0.637. The summed E-state index contributed by atoms with van der Waals surface area (Å²) < 4.78 is 16.1. The van der Waals surface area contributed by atoms with Gasteiger partial charge in [-0.2, -0.15) is 5.26 Å². The molecule has 0 fully saturated rings. The van der Waals surface area contributed by atoms with Crippen LogP contribution in [0.1, 0.15) is 4.88 Å². The highest BCUT2D eigenvalue weighted by molar-refractivity contribution is 7.16. The maximum atomic E-state index is 10.9. The minimum atomic E-state index is -1.25. The number of nitriles is 1. The Morgan fingerprint density at radius 3 is 2.38 bits per heavy atom. The van der Waals surface area contributed by atoms with Crippen molar-refractivity contribution < 1.29 is 24.1 Å². The van der Waals surface area contributed by atoms with Gasteiger partial charge in [0, 0.05) is 15.3 Å². The van der Waals surface area contributed by atoms with Gasteiger partial charge in [-0.3, -0.25) is 0 Å². The molecule has 0 aliphatic carbocycles. The molecule has 0 bridgehead atoms. The van der Waals surface area contributed by atoms with Crippen LogP contribution in [-0.2, 0) is 4.79 Å². The number of rotatable bonds is 6. The first-order valence-electron chi connectivity index (χ1n) is 6.80. The summed E-state index contributed by atoms with van der Waals surface area (Å²) in [6, 6.07) is 8.84. The average Bonchev–Trinajstić information content (AvgIpc) is 3.06. The summed E-state index contributed by atoms with van der Waals surface area (Å²) in [5, 5.41) is 17.8. The van der Waals surface area contributed by atoms with Crippen LogP contribution in [0, 0.1) is 11.3 Å². The molecule has 124 valence electrons. The summed E-state index contributed by atoms with van der Waals surface area (Å²) in [6.45, 7) is 0. The van der Waals surface area contributed by atoms with Gasteiger partial charge in [0.25, 0.3) is 0 Å². The predicted octanol–water partition coefficient (Wildman–Crippen LogP) is 3.43. The number of thiophene rings is 1. The van der Waals surface area contributed by atoms with E-state index in [9.17, 15) is 4.79 Å². The van der Waals surface area contributed by atoms with Gasteiger partial charge in [-0.1, -0.05) is 0 Å². The number of aliphatic carboxylic acids is 1. The van der Waals surface area contributed by atoms with Crippen LogP contribution in [0.3, 0.4) is 0 Å². The Hall–Kier alpha value is -2.98. The molecule has 2 aromatic rings. The van der Waals surface area contributed by atoms with Crippen LogP contribution >= 0.6 is 11.3 Å². The maximum Gasteiger partial charge on any atom is 0.346 e. The van der Waals surface area contributed by atoms with Crippen molar-refractivity contribution in [2.45, 2.75) is 0 Å². The molecule has 0 saturated heterocycles. The highest BCUT2D eigenvalue weighted by atomic mass is 32.1. The Labute approximate surface area is 143 Å². The van der Waals surface area contributed by atoms with Gasteiger partial charge in [-0.05, 0) is 30.3 Å². The minimum Gasteiger partial charge on any atom is -0.493 e. The molecule has 0 atom stereocenters. The third kappa shape index (κ3) is 3.34. The summed E-state index contributed by atoms with van der Waals surface area (Å²) in [6.07, 6.45) is 1.34. The molecule has 0 radical (unpaired) electrons. The molecule has 0 saturated carbocycles. The molecule has 0 amide bonds. The van der Waals surface area contributed by atoms with Crippen LogP contribution in [-0.4, -0.2) is 32.4 Å². The third-order valence-corrected chi connectivity index (χ3v) is 4.30. The van der Waals surface area contributed by atoms with Gasteiger partial charge < -0.3 is 19.3 Å². The minimum absolute atomic E-state index is 0.317. The molecule has 1 N–H and O–H groups in total. The van der Waals surface area contributed by atoms with E-state index in [-0.39, 0.29) is 5.57 Å². The largest absolute Gasteiger partial charge is 0.493 e. The highest BCUT2D eigenvalue weighted by Gasteiger charge is 2.18. The number of nitrogens with zero attached hydrogens (tertiary/aromatic N) is 1. The first kappa shape index (κ1) is 17.4. The highest BCUT2D eigenvalue weighted by Crippen LogP contribution is 2.45. The first-order chi connectivity index (χ1) is 11.5. The van der Waals surface area contributed by atoms with Gasteiger partial charge in [0.2, 0.25) is 5.75 Å². The van der Waals surface area contributed by atoms with Gasteiger partial charge >= 0.3 is 5.97 Å². The van der Waals surface area contributed by atoms with Crippen molar-refractivity contribution >= 4 is 23.4 Å². The van der Waals surface area contributed by atoms with Crippen LogP contribution < -0.4 is 14.2 Å². The van der Waals surface area contributed by atoms with Crippen molar-refractivity contribution in [3.8, 4) is 33.8 Å². The fourth-order valence-corrected chi connectivity index (χ4v) is 3.13. The van der Waals surface area contributed by atoms with E-state index in [1.807, 2.05) is 12.1 Å². The van der Waals surface area contributed by atoms with Crippen molar-refractivity contribution in [1.82, 2.24) is 0 Å². The van der Waals surface area contributed by atoms with Crippen LogP contribution in [0.4, 0.5) is 0 Å². The molecule has 1 aromatic carbocycles. The molecule has 24 heavy (non-hydrogen) atoms. The summed E-state index contributed by atoms with van der Waals surface area (Å²) in [4.78, 5) is 12.4. The average molecular weight is 345 g/mol. The molecule has 0 spiro atoms. The van der Waals surface area contributed by atoms with Crippen molar-refractivity contribution in [3.63, 3.8) is 0 Å². The fraction of sp³-hybridized carbons (Fsp3) is 0.176. The fourth-order valence-electron chi connectivity index (χ4n) is 2.15. The van der Waals surface area contributed by atoms with Gasteiger partial charge in [-0.15, -0.1) is 11.3 Å². The van der Waals surface area contributed by atoms with E-state index >= 15 is 0 Å². The van der Waals surface area contributed by atoms with Crippen molar-refractivity contribution in [2.75, 3.05) is 21.3 Å². The SMILES string of the molecule is COc1ccc(-c2ccc(/C=C(/C#N)C(=O)O)s2)c(OC)c1OC. The topological polar surface area (TPSA) is 88.8 Å². The number of hydrogen-bond donors (Lipinski definition) is 1. The van der Waals surface area contributed by atoms with E-state index in [0.29, 0.717) is 22.1 Å². The Morgan fingerprint density at radius 1 is 1.12 bits per heavy atom. The number of hydrogen-bond acceptors (Lipinski definition) is 6. The molecule has 0 aliphatic rings. The van der Waals surface area contributed by atoms with Crippen LogP contribution in [0.2, 0.25) is 0 Å². The summed E-state index contributed by atoms with van der Waals surface area (Å²) in [7, 11) is 4.60. The number of methoxy groups -OCH3 is 3. The van der Waals surface area contributed by atoms with E-state index in [0.717, 1.165) is 10.4 Å². The van der Waals surface area contributed by atoms with Gasteiger partial charge in [0.05, 0.1) is 21.3 Å². The third-order valence-electron chi connectivity index (χ3n) is 3.23. The summed E-state index contributed by atoms with van der Waals surface area (Å²) in [5.41, 5.74) is 0.469. The van der Waals surface area contributed by atoms with Crippen molar-refractivity contribution in [3.05, 3.63) is 34.7 Å². The second kappa shape index (κ2) is 7.53. The lowest BCUT2D eigenvalue weighted by Crippen LogP contribution is -1.96. The van der Waals surface area contributed by atoms with Crippen LogP contribution in [0.25, 0.3) is 16.5 Å². The lowest BCUT2D eigenvalue weighted by molar-refractivity contribution is -0.132. The Bertz CT molecular complexity index is 832. The van der Waals surface area contributed by atoms with E-state index < -0.39 is 5.97 Å². The molecule has 6 nitrogen and oxygen atoms in total. The van der Waals surface area contributed by atoms with Crippen molar-refractivity contribution in [2.24, 2.45) is 0 Å². The van der Waals surface area contributed by atoms with E-state index in [2.05, 4.69) is 0 Å². The zero-order chi connectivity index (χ0) is 17.7. The maximum absolute atomic E-state index is 10.9. The van der Waals surface area contributed by atoms with E-state index in [1.165, 1.54) is 31.6 Å². The zero-order valence-corrected chi connectivity index (χ0v) is 14.1. The first-order valence-corrected chi connectivity index (χ1v) is 7.61. The number of carbonyl (C=O) groups is 1. The Kier molecular flexibility index (Phi) is 5.45. The number of carboxylic acid groups (broad SMARTS) is 1. The lowest BCUT2D eigenvalue weighted by atomic mass is 10.1. The second-order valence-corrected chi connectivity index (χ2v) is 5.67. The predicted molar refractivity (Wildman–Crippen MR) is 90.6 cm³/mol. The lowest BCUT2D eigenvalue weighted by Gasteiger charge is -2.14. The second-order valence-electron chi connectivity index (χ2n) is 4.56. The normalized spacial score (nSPS) is 10.8. The molecule has 0 unspecified atom stereocenters. The number of benzene rings is 1. The standard InChI is InChI=1S/C17H15NO5S/c1-21-13-6-5-12(15(22-2)16(13)23-3)14-7-4-11(24-14)8-10(9-18)17(19)20/h4-8H,1-3H3,(H,19,20)/b10-8-. The van der Waals surface area contributed by atoms with Gasteiger partial charge in [0.1, 0.15) is 11.6 Å². The van der Waals surface area contributed by atoms with E-state index in [4.69, 9.17) is 24.6 Å². The molecule has 1 aromatic heterocycles. The number of carboxylic acids is 1. The molecular weight excluding hydrogens is 330 g/mol. The Balaban J connectivity index is 2.51. The van der Waals surface area contributed by atoms with Crippen LogP contribution in [0.5, 0.6) is 17.2 Å². The molecule has 1 heterocycles. The smallest absolute Gasteiger partial charge is 0.346 e. The van der Waals surface area contributed by atoms with E-state index in [1.54, 1.807) is 25.3 Å². The monoisotopic (exact) mass is 345 g/mol. The van der Waals surface area contributed by atoms with Crippen LogP contribution in [0.15, 0.2) is 29.8 Å². The van der Waals surface area contributed by atoms with Gasteiger partial charge in [-0.25, -0.2) is 4.79 Å². The van der Waals surface area contributed by atoms with Gasteiger partial charge in [0.15, 0.2) is 11.5 Å². The molecule has 2 rings (SSSR count). The summed E-state index contributed by atoms with van der Waals surface area (Å²) >= 11 is 1.34. The van der Waals surface area contributed by atoms with Crippen molar-refractivity contribution in [1.29, 1.82) is 5.26 Å². The molecule has 0 aliphatic heterocycles.